The molecule has 0 saturated heterocycles. The zero-order valence-electron chi connectivity index (χ0n) is 21.1. The molecule has 0 bridgehead atoms. The Morgan fingerprint density at radius 1 is 0.941 bits per heavy atom. The summed E-state index contributed by atoms with van der Waals surface area (Å²) in [5.74, 6) is -0.951. The van der Waals surface area contributed by atoms with E-state index in [2.05, 4.69) is 74.2 Å². The minimum atomic E-state index is -1.03. The Morgan fingerprint density at radius 3 is 2.18 bits per heavy atom. The van der Waals surface area contributed by atoms with Crippen LogP contribution >= 0.6 is 0 Å². The second-order valence-electron chi connectivity index (χ2n) is 10.3. The van der Waals surface area contributed by atoms with Gasteiger partial charge in [0.1, 0.15) is 0 Å². The van der Waals surface area contributed by atoms with Gasteiger partial charge in [0.25, 0.3) is 0 Å². The van der Waals surface area contributed by atoms with Crippen molar-refractivity contribution in [2.75, 3.05) is 11.4 Å². The van der Waals surface area contributed by atoms with E-state index in [-0.39, 0.29) is 0 Å². The van der Waals surface area contributed by atoms with Crippen LogP contribution in [0, 0.1) is 20.8 Å². The van der Waals surface area contributed by atoms with E-state index in [9.17, 15) is 9.90 Å². The molecule has 0 saturated carbocycles. The summed E-state index contributed by atoms with van der Waals surface area (Å²) in [7, 11) is 0. The van der Waals surface area contributed by atoms with Gasteiger partial charge in [0.2, 0.25) is 0 Å². The van der Waals surface area contributed by atoms with E-state index >= 15 is 0 Å². The monoisotopic (exact) mass is 457 g/mol. The lowest BCUT2D eigenvalue weighted by molar-refractivity contribution is -0.160. The molecule has 0 spiro atoms. The van der Waals surface area contributed by atoms with Crippen molar-refractivity contribution < 1.29 is 14.6 Å². The van der Waals surface area contributed by atoms with Gasteiger partial charge in [0.15, 0.2) is 6.10 Å². The highest BCUT2D eigenvalue weighted by atomic mass is 16.5. The van der Waals surface area contributed by atoms with Crippen molar-refractivity contribution in [2.24, 2.45) is 0 Å². The van der Waals surface area contributed by atoms with Crippen LogP contribution in [0.1, 0.15) is 60.3 Å². The lowest BCUT2D eigenvalue weighted by Gasteiger charge is -2.36. The zero-order valence-corrected chi connectivity index (χ0v) is 21.1. The first-order chi connectivity index (χ1) is 16.1. The van der Waals surface area contributed by atoms with Gasteiger partial charge in [-0.25, -0.2) is 4.79 Å². The molecule has 3 aromatic carbocycles. The molecule has 0 fully saturated rings. The Kier molecular flexibility index (Phi) is 6.55. The number of rotatable bonds is 5. The maximum atomic E-state index is 12.6. The van der Waals surface area contributed by atoms with Crippen LogP contribution in [0.5, 0.6) is 0 Å². The molecule has 1 unspecified atom stereocenters. The highest BCUT2D eigenvalue weighted by molar-refractivity contribution is 5.84. The summed E-state index contributed by atoms with van der Waals surface area (Å²) >= 11 is 0. The van der Waals surface area contributed by atoms with Gasteiger partial charge in [-0.05, 0) is 93.5 Å². The zero-order chi connectivity index (χ0) is 24.6. The quantitative estimate of drug-likeness (QED) is 0.459. The van der Waals surface area contributed by atoms with Crippen LogP contribution in [-0.2, 0) is 22.5 Å². The van der Waals surface area contributed by atoms with Crippen molar-refractivity contribution in [3.8, 4) is 11.1 Å². The molecule has 178 valence electrons. The molecule has 0 aromatic heterocycles. The van der Waals surface area contributed by atoms with Crippen LogP contribution in [0.2, 0.25) is 0 Å². The first kappa shape index (κ1) is 24.0. The largest absolute Gasteiger partial charge is 0.479 e. The first-order valence-corrected chi connectivity index (χ1v) is 12.0. The Balaban J connectivity index is 1.94. The van der Waals surface area contributed by atoms with E-state index in [0.29, 0.717) is 0 Å². The predicted molar refractivity (Wildman–Crippen MR) is 138 cm³/mol. The molecule has 1 N–H and O–H groups in total. The van der Waals surface area contributed by atoms with Gasteiger partial charge in [-0.3, -0.25) is 0 Å². The molecule has 3 aromatic rings. The van der Waals surface area contributed by atoms with Crippen LogP contribution in [0.4, 0.5) is 5.69 Å². The smallest absolute Gasteiger partial charge is 0.337 e. The van der Waals surface area contributed by atoms with Gasteiger partial charge >= 0.3 is 5.97 Å². The number of nitrogens with zero attached hydrogens (tertiary/aromatic N) is 1. The molecule has 4 heteroatoms. The van der Waals surface area contributed by atoms with Gasteiger partial charge in [0, 0.05) is 24.3 Å². The molecule has 0 aliphatic carbocycles. The number of ether oxygens (including phenoxy) is 1. The van der Waals surface area contributed by atoms with Crippen LogP contribution in [0.3, 0.4) is 0 Å². The third-order valence-electron chi connectivity index (χ3n) is 6.72. The van der Waals surface area contributed by atoms with Gasteiger partial charge in [-0.15, -0.1) is 0 Å². The molecule has 34 heavy (non-hydrogen) atoms. The highest BCUT2D eigenvalue weighted by Gasteiger charge is 2.34. The third-order valence-corrected chi connectivity index (χ3v) is 6.72. The summed E-state index contributed by atoms with van der Waals surface area (Å²) in [4.78, 5) is 15.0. The lowest BCUT2D eigenvalue weighted by atomic mass is 9.80. The molecule has 0 amide bonds. The SMILES string of the molecule is Cc1ccc(-c2c(C)c3c(c(C)c2C(OC(C)(C)C)C(=O)O)CCN(c2ccccc2)C3)cc1. The summed E-state index contributed by atoms with van der Waals surface area (Å²) in [6.45, 7) is 13.7. The van der Waals surface area contributed by atoms with E-state index in [0.717, 1.165) is 47.3 Å². The van der Waals surface area contributed by atoms with Crippen LogP contribution < -0.4 is 4.90 Å². The van der Waals surface area contributed by atoms with E-state index < -0.39 is 17.7 Å². The third kappa shape index (κ3) is 4.74. The average molecular weight is 458 g/mol. The number of carboxylic acid groups (broad SMARTS) is 1. The summed E-state index contributed by atoms with van der Waals surface area (Å²) in [5, 5.41) is 10.3. The van der Waals surface area contributed by atoms with Gasteiger partial charge < -0.3 is 14.7 Å². The number of fused-ring (bicyclic) bond motifs is 1. The van der Waals surface area contributed by atoms with Crippen molar-refractivity contribution in [1.29, 1.82) is 0 Å². The van der Waals surface area contributed by atoms with E-state index in [1.165, 1.54) is 22.4 Å². The number of carboxylic acids is 1. The van der Waals surface area contributed by atoms with Crippen LogP contribution in [0.25, 0.3) is 11.1 Å². The summed E-state index contributed by atoms with van der Waals surface area (Å²) < 4.78 is 6.18. The number of hydrogen-bond acceptors (Lipinski definition) is 3. The number of benzene rings is 3. The first-order valence-electron chi connectivity index (χ1n) is 12.0. The Hall–Kier alpha value is -3.11. The molecule has 4 nitrogen and oxygen atoms in total. The van der Waals surface area contributed by atoms with Crippen molar-refractivity contribution in [2.45, 2.75) is 66.2 Å². The van der Waals surface area contributed by atoms with Crippen LogP contribution in [0.15, 0.2) is 54.6 Å². The molecule has 1 heterocycles. The Bertz CT molecular complexity index is 1190. The fraction of sp³-hybridized carbons (Fsp3) is 0.367. The average Bonchev–Trinajstić information content (AvgIpc) is 2.80. The summed E-state index contributed by atoms with van der Waals surface area (Å²) in [6.07, 6.45) is -0.160. The number of hydrogen-bond donors (Lipinski definition) is 1. The minimum absolute atomic E-state index is 0.589. The normalized spacial score (nSPS) is 14.6. The summed E-state index contributed by atoms with van der Waals surface area (Å²) in [5.41, 5.74) is 9.35. The highest BCUT2D eigenvalue weighted by Crippen LogP contribution is 2.43. The molecule has 1 aliphatic rings. The van der Waals surface area contributed by atoms with Gasteiger partial charge in [-0.1, -0.05) is 48.0 Å². The molecule has 1 atom stereocenters. The number of anilines is 1. The van der Waals surface area contributed by atoms with Crippen molar-refractivity contribution in [1.82, 2.24) is 0 Å². The summed E-state index contributed by atoms with van der Waals surface area (Å²) in [6, 6.07) is 18.9. The Morgan fingerprint density at radius 2 is 1.59 bits per heavy atom. The Labute approximate surface area is 203 Å². The minimum Gasteiger partial charge on any atom is -0.479 e. The van der Waals surface area contributed by atoms with Crippen LogP contribution in [-0.4, -0.2) is 23.2 Å². The number of aryl methyl sites for hydroxylation is 1. The molecular weight excluding hydrogens is 422 g/mol. The number of aliphatic carboxylic acids is 1. The molecule has 1 aliphatic heterocycles. The number of para-hydroxylation sites is 1. The lowest BCUT2D eigenvalue weighted by Crippen LogP contribution is -2.33. The maximum absolute atomic E-state index is 12.6. The maximum Gasteiger partial charge on any atom is 0.337 e. The van der Waals surface area contributed by atoms with Gasteiger partial charge in [0.05, 0.1) is 5.60 Å². The second kappa shape index (κ2) is 9.27. The topological polar surface area (TPSA) is 49.8 Å². The fourth-order valence-electron chi connectivity index (χ4n) is 5.09. The van der Waals surface area contributed by atoms with E-state index in [1.807, 2.05) is 26.8 Å². The molecular formula is C30H35NO3. The van der Waals surface area contributed by atoms with Crippen molar-refractivity contribution >= 4 is 11.7 Å². The van der Waals surface area contributed by atoms with E-state index in [4.69, 9.17) is 4.74 Å². The van der Waals surface area contributed by atoms with Gasteiger partial charge in [-0.2, -0.15) is 0 Å². The predicted octanol–water partition coefficient (Wildman–Crippen LogP) is 6.78. The fourth-order valence-corrected chi connectivity index (χ4v) is 5.09. The molecule has 0 radical (unpaired) electrons. The van der Waals surface area contributed by atoms with Crippen molar-refractivity contribution in [3.05, 3.63) is 88.0 Å². The number of carbonyl (C=O) groups is 1. The van der Waals surface area contributed by atoms with E-state index in [1.54, 1.807) is 0 Å². The van der Waals surface area contributed by atoms with Crippen molar-refractivity contribution in [3.63, 3.8) is 0 Å². The second-order valence-corrected chi connectivity index (χ2v) is 10.3. The molecule has 4 rings (SSSR count). The standard InChI is InChI=1S/C30H35NO3/c1-19-12-14-22(15-13-19)26-21(3)25-18-31(23-10-8-7-9-11-23)17-16-24(25)20(2)27(26)28(29(32)33)34-30(4,5)6/h7-15,28H,16-18H2,1-6H3,(H,32,33).